The van der Waals surface area contributed by atoms with Crippen LogP contribution < -0.4 is 5.69 Å². The van der Waals surface area contributed by atoms with Crippen LogP contribution >= 0.6 is 0 Å². The number of fused-ring (bicyclic) bond motifs is 3. The van der Waals surface area contributed by atoms with Crippen LogP contribution in [0.4, 0.5) is 0 Å². The van der Waals surface area contributed by atoms with Crippen LogP contribution in [-0.4, -0.2) is 9.55 Å². The van der Waals surface area contributed by atoms with E-state index in [0.717, 1.165) is 35.9 Å². The largest absolute Gasteiger partial charge is 0.348 e. The number of aromatic nitrogens is 2. The van der Waals surface area contributed by atoms with Gasteiger partial charge < -0.3 is 0 Å². The van der Waals surface area contributed by atoms with Crippen molar-refractivity contribution in [1.29, 1.82) is 0 Å². The molecule has 1 aromatic heterocycles. The first kappa shape index (κ1) is 15.9. The molecule has 3 nitrogen and oxygen atoms in total. The zero-order valence-electron chi connectivity index (χ0n) is 15.3. The van der Waals surface area contributed by atoms with E-state index in [4.69, 9.17) is 0 Å². The average Bonchev–Trinajstić information content (AvgIpc) is 2.88. The third-order valence-electron chi connectivity index (χ3n) is 7.46. The van der Waals surface area contributed by atoms with Gasteiger partial charge in [-0.3, -0.25) is 4.57 Å². The highest BCUT2D eigenvalue weighted by molar-refractivity contribution is 5.81. The molecule has 128 valence electrons. The van der Waals surface area contributed by atoms with Gasteiger partial charge in [-0.05, 0) is 48.5 Å². The SMILES string of the molecule is CCCc1nc(=O)n(C2CC3CCC2(C)C3(C)C)c2ccccc12. The van der Waals surface area contributed by atoms with Crippen molar-refractivity contribution in [2.45, 2.75) is 65.8 Å². The van der Waals surface area contributed by atoms with Crippen molar-refractivity contribution in [2.75, 3.05) is 0 Å². The predicted octanol–water partition coefficient (Wildman–Crippen LogP) is 4.74. The molecule has 0 saturated heterocycles. The minimum absolute atomic E-state index is 0.0493. The smallest absolute Gasteiger partial charge is 0.288 e. The highest BCUT2D eigenvalue weighted by atomic mass is 16.1. The standard InChI is InChI=1S/C21H28N2O/c1-5-8-16-15-9-6-7-10-17(15)23(19(24)22-16)18-13-14-11-12-21(18,4)20(14,2)3/h6-7,9-10,14,18H,5,8,11-13H2,1-4H3. The van der Waals surface area contributed by atoms with Crippen LogP contribution in [0.1, 0.15) is 65.1 Å². The quantitative estimate of drug-likeness (QED) is 0.817. The van der Waals surface area contributed by atoms with Crippen molar-refractivity contribution in [3.63, 3.8) is 0 Å². The minimum atomic E-state index is -0.0493. The van der Waals surface area contributed by atoms with E-state index in [1.165, 1.54) is 12.8 Å². The Kier molecular flexibility index (Phi) is 3.42. The van der Waals surface area contributed by atoms with Gasteiger partial charge in [-0.15, -0.1) is 0 Å². The Balaban J connectivity index is 1.95. The Bertz CT molecular complexity index is 851. The van der Waals surface area contributed by atoms with Crippen molar-refractivity contribution < 1.29 is 0 Å². The second-order valence-electron chi connectivity index (χ2n) is 8.60. The zero-order chi connectivity index (χ0) is 17.1. The molecule has 0 spiro atoms. The summed E-state index contributed by atoms with van der Waals surface area (Å²) in [6, 6.07) is 8.62. The average molecular weight is 324 g/mol. The lowest BCUT2D eigenvalue weighted by atomic mass is 9.69. The number of benzene rings is 1. The van der Waals surface area contributed by atoms with Gasteiger partial charge in [0.25, 0.3) is 0 Å². The van der Waals surface area contributed by atoms with E-state index in [0.29, 0.717) is 11.3 Å². The lowest BCUT2D eigenvalue weighted by molar-refractivity contribution is 0.107. The lowest BCUT2D eigenvalue weighted by Crippen LogP contribution is -2.39. The van der Waals surface area contributed by atoms with Crippen LogP contribution in [0.3, 0.4) is 0 Å². The molecule has 2 bridgehead atoms. The van der Waals surface area contributed by atoms with Crippen LogP contribution in [0.15, 0.2) is 29.1 Å². The van der Waals surface area contributed by atoms with E-state index in [2.05, 4.69) is 56.9 Å². The van der Waals surface area contributed by atoms with Gasteiger partial charge in [0.05, 0.1) is 11.2 Å². The molecule has 2 aliphatic carbocycles. The van der Waals surface area contributed by atoms with Gasteiger partial charge in [0.15, 0.2) is 0 Å². The molecule has 1 aromatic carbocycles. The molecule has 0 N–H and O–H groups in total. The van der Waals surface area contributed by atoms with Crippen LogP contribution in [0.5, 0.6) is 0 Å². The molecule has 4 rings (SSSR count). The summed E-state index contributed by atoms with van der Waals surface area (Å²) in [6.45, 7) is 9.33. The fourth-order valence-electron chi connectivity index (χ4n) is 5.54. The molecule has 3 unspecified atom stereocenters. The molecule has 2 aliphatic rings. The Labute approximate surface area is 144 Å². The maximum absolute atomic E-state index is 13.0. The second-order valence-corrected chi connectivity index (χ2v) is 8.60. The summed E-state index contributed by atoms with van der Waals surface area (Å²) in [5.74, 6) is 0.716. The lowest BCUT2D eigenvalue weighted by Gasteiger charge is -2.40. The first-order valence-electron chi connectivity index (χ1n) is 9.40. The second kappa shape index (κ2) is 5.18. The summed E-state index contributed by atoms with van der Waals surface area (Å²) in [5.41, 5.74) is 2.46. The molecule has 3 atom stereocenters. The number of hydrogen-bond donors (Lipinski definition) is 0. The number of hydrogen-bond acceptors (Lipinski definition) is 2. The molecule has 2 saturated carbocycles. The van der Waals surface area contributed by atoms with Gasteiger partial charge in [0, 0.05) is 11.4 Å². The Morgan fingerprint density at radius 2 is 2.00 bits per heavy atom. The predicted molar refractivity (Wildman–Crippen MR) is 98.3 cm³/mol. The molecule has 0 aliphatic heterocycles. The first-order valence-corrected chi connectivity index (χ1v) is 9.40. The van der Waals surface area contributed by atoms with Crippen LogP contribution in [0, 0.1) is 16.7 Å². The van der Waals surface area contributed by atoms with Crippen LogP contribution in [0.25, 0.3) is 10.9 Å². The number of aryl methyl sites for hydroxylation is 1. The van der Waals surface area contributed by atoms with Crippen LogP contribution in [0.2, 0.25) is 0 Å². The van der Waals surface area contributed by atoms with Crippen molar-refractivity contribution in [3.8, 4) is 0 Å². The molecule has 2 fully saturated rings. The van der Waals surface area contributed by atoms with E-state index in [1.54, 1.807) is 0 Å². The van der Waals surface area contributed by atoms with E-state index in [-0.39, 0.29) is 17.1 Å². The summed E-state index contributed by atoms with van der Waals surface area (Å²) in [4.78, 5) is 17.5. The van der Waals surface area contributed by atoms with Crippen molar-refractivity contribution >= 4 is 10.9 Å². The topological polar surface area (TPSA) is 34.9 Å². The summed E-state index contributed by atoms with van der Waals surface area (Å²) >= 11 is 0. The van der Waals surface area contributed by atoms with Crippen molar-refractivity contribution in [3.05, 3.63) is 40.4 Å². The Morgan fingerprint density at radius 1 is 1.25 bits per heavy atom. The highest BCUT2D eigenvalue weighted by Crippen LogP contribution is 2.69. The molecule has 2 aromatic rings. The molecular formula is C21H28N2O. The summed E-state index contributed by atoms with van der Waals surface area (Å²) in [5, 5.41) is 1.16. The Hall–Kier alpha value is -1.64. The zero-order valence-corrected chi connectivity index (χ0v) is 15.3. The van der Waals surface area contributed by atoms with Gasteiger partial charge in [0.1, 0.15) is 0 Å². The summed E-state index contributed by atoms with van der Waals surface area (Å²) in [7, 11) is 0. The molecule has 3 heteroatoms. The number of rotatable bonds is 3. The van der Waals surface area contributed by atoms with Gasteiger partial charge in [-0.25, -0.2) is 4.79 Å². The summed E-state index contributed by atoms with van der Waals surface area (Å²) < 4.78 is 2.04. The minimum Gasteiger partial charge on any atom is -0.288 e. The normalized spacial score (nSPS) is 31.0. The third-order valence-corrected chi connectivity index (χ3v) is 7.46. The van der Waals surface area contributed by atoms with Gasteiger partial charge in [-0.1, -0.05) is 52.3 Å². The highest BCUT2D eigenvalue weighted by Gasteiger charge is 2.62. The third kappa shape index (κ3) is 1.90. The first-order chi connectivity index (χ1) is 11.4. The summed E-state index contributed by atoms with van der Waals surface area (Å²) in [6.07, 6.45) is 5.51. The van der Waals surface area contributed by atoms with Crippen molar-refractivity contribution in [2.24, 2.45) is 16.7 Å². The maximum atomic E-state index is 13.0. The number of nitrogens with zero attached hydrogens (tertiary/aromatic N) is 2. The van der Waals surface area contributed by atoms with E-state index < -0.39 is 0 Å². The maximum Gasteiger partial charge on any atom is 0.348 e. The van der Waals surface area contributed by atoms with Gasteiger partial charge in [-0.2, -0.15) is 4.98 Å². The van der Waals surface area contributed by atoms with E-state index in [1.807, 2.05) is 4.57 Å². The van der Waals surface area contributed by atoms with Gasteiger partial charge in [0.2, 0.25) is 0 Å². The van der Waals surface area contributed by atoms with Gasteiger partial charge >= 0.3 is 5.69 Å². The number of para-hydroxylation sites is 1. The molecular weight excluding hydrogens is 296 g/mol. The van der Waals surface area contributed by atoms with Crippen molar-refractivity contribution in [1.82, 2.24) is 9.55 Å². The molecule has 24 heavy (non-hydrogen) atoms. The fourth-order valence-corrected chi connectivity index (χ4v) is 5.54. The van der Waals surface area contributed by atoms with Crippen LogP contribution in [-0.2, 0) is 6.42 Å². The van der Waals surface area contributed by atoms with E-state index >= 15 is 0 Å². The molecule has 0 radical (unpaired) electrons. The fraction of sp³-hybridized carbons (Fsp3) is 0.619. The molecule has 0 amide bonds. The Morgan fingerprint density at radius 3 is 2.62 bits per heavy atom. The molecule has 1 heterocycles. The van der Waals surface area contributed by atoms with E-state index in [9.17, 15) is 4.79 Å². The monoisotopic (exact) mass is 324 g/mol.